The van der Waals surface area contributed by atoms with Crippen LogP contribution in [0.5, 0.6) is 69.0 Å². The average Bonchev–Trinajstić information content (AvgIpc) is 3.15. The number of hydrogen-bond acceptors (Lipinski definition) is 22. The molecule has 0 radical (unpaired) electrons. The van der Waals surface area contributed by atoms with Crippen molar-refractivity contribution in [3.63, 3.8) is 0 Å². The highest BCUT2D eigenvalue weighted by atomic mass is 16.6. The van der Waals surface area contributed by atoms with Crippen molar-refractivity contribution in [1.29, 1.82) is 0 Å². The number of carbonyl (C=O) groups excluding carboxylic acids is 5. The van der Waals surface area contributed by atoms with Gasteiger partial charge in [-0.2, -0.15) is 0 Å². The van der Waals surface area contributed by atoms with Gasteiger partial charge in [0, 0.05) is 0 Å². The highest BCUT2D eigenvalue weighted by Gasteiger charge is 2.44. The van der Waals surface area contributed by atoms with E-state index in [4.69, 9.17) is 18.9 Å². The monoisotopic (exact) mass is 788 g/mol. The van der Waals surface area contributed by atoms with Gasteiger partial charge in [-0.15, -0.1) is 0 Å². The molecule has 0 spiro atoms. The number of ether oxygens (including phenoxy) is 4. The first-order chi connectivity index (χ1) is 26.2. The molecule has 56 heavy (non-hydrogen) atoms. The van der Waals surface area contributed by atoms with Gasteiger partial charge in [0.15, 0.2) is 93.6 Å². The molecule has 4 aromatic carbocycles. The molecule has 0 aromatic heterocycles. The van der Waals surface area contributed by atoms with E-state index in [1.165, 1.54) is 0 Å². The third-order valence-electron chi connectivity index (χ3n) is 7.50. The fourth-order valence-electron chi connectivity index (χ4n) is 4.66. The van der Waals surface area contributed by atoms with E-state index in [-0.39, 0.29) is 6.29 Å². The minimum Gasteiger partial charge on any atom is -0.504 e. The highest BCUT2D eigenvalue weighted by molar-refractivity contribution is 5.94. The number of aliphatic hydroxyl groups is 1. The van der Waals surface area contributed by atoms with Gasteiger partial charge in [0.25, 0.3) is 0 Å². The van der Waals surface area contributed by atoms with Gasteiger partial charge in [-0.1, -0.05) is 0 Å². The minimum absolute atomic E-state index is 0.262. The number of hydrogen-bond donors (Lipinski definition) is 13. The standard InChI is InChI=1S/C34H28O22/c35-9-24(54-32(50)12-3-17(38)26(46)18(39)4-12)30(56-34(52)14-7-21(42)28(48)22(43)8-14)29(55-33(51)13-5-19(40)27(47)20(41)6-13)23(44)10-53-31(49)11-1-15(36)25(45)16(37)2-11/h1-9,23-24,29-30,36-48H,10H2/t23-,24+,29-,30-/m1/s1. The van der Waals surface area contributed by atoms with Gasteiger partial charge in [0.1, 0.15) is 12.7 Å². The maximum Gasteiger partial charge on any atom is 0.339 e. The number of phenols is 12. The second-order valence-electron chi connectivity index (χ2n) is 11.4. The lowest BCUT2D eigenvalue weighted by Gasteiger charge is -2.32. The number of aliphatic hydroxyl groups excluding tert-OH is 1. The van der Waals surface area contributed by atoms with E-state index >= 15 is 0 Å². The van der Waals surface area contributed by atoms with Crippen LogP contribution in [-0.2, 0) is 23.7 Å². The summed E-state index contributed by atoms with van der Waals surface area (Å²) in [7, 11) is 0. The molecule has 0 aliphatic carbocycles. The molecule has 0 unspecified atom stereocenters. The Balaban J connectivity index is 1.81. The summed E-state index contributed by atoms with van der Waals surface area (Å²) in [5, 5.41) is 129. The second kappa shape index (κ2) is 16.3. The summed E-state index contributed by atoms with van der Waals surface area (Å²) in [4.78, 5) is 65.2. The third-order valence-corrected chi connectivity index (χ3v) is 7.50. The smallest absolute Gasteiger partial charge is 0.339 e. The normalized spacial score (nSPS) is 13.0. The highest BCUT2D eigenvalue weighted by Crippen LogP contribution is 2.39. The van der Waals surface area contributed by atoms with E-state index < -0.39 is 146 Å². The Morgan fingerprint density at radius 1 is 0.446 bits per heavy atom. The van der Waals surface area contributed by atoms with Crippen LogP contribution < -0.4 is 0 Å². The molecule has 0 saturated heterocycles. The average molecular weight is 789 g/mol. The van der Waals surface area contributed by atoms with Crippen molar-refractivity contribution < 1.29 is 109 Å². The predicted octanol–water partition coefficient (Wildman–Crippen LogP) is 0.547. The molecule has 4 atom stereocenters. The maximum atomic E-state index is 13.4. The van der Waals surface area contributed by atoms with Gasteiger partial charge in [-0.05, 0) is 48.5 Å². The molecule has 0 amide bonds. The maximum absolute atomic E-state index is 13.4. The van der Waals surface area contributed by atoms with Crippen molar-refractivity contribution in [2.75, 3.05) is 6.61 Å². The number of benzene rings is 4. The molecule has 0 aliphatic rings. The molecule has 0 saturated carbocycles. The Kier molecular flexibility index (Phi) is 11.9. The molecule has 0 heterocycles. The van der Waals surface area contributed by atoms with Crippen molar-refractivity contribution in [2.45, 2.75) is 24.4 Å². The van der Waals surface area contributed by atoms with E-state index in [2.05, 4.69) is 0 Å². The Labute approximate surface area is 310 Å². The molecule has 296 valence electrons. The van der Waals surface area contributed by atoms with Crippen molar-refractivity contribution in [3.05, 3.63) is 70.8 Å². The van der Waals surface area contributed by atoms with Crippen LogP contribution in [0.25, 0.3) is 0 Å². The zero-order valence-electron chi connectivity index (χ0n) is 27.7. The lowest BCUT2D eigenvalue weighted by atomic mass is 10.0. The van der Waals surface area contributed by atoms with Crippen LogP contribution in [0.3, 0.4) is 0 Å². The zero-order valence-corrected chi connectivity index (χ0v) is 27.7. The van der Waals surface area contributed by atoms with Gasteiger partial charge < -0.3 is 85.3 Å². The lowest BCUT2D eigenvalue weighted by Crippen LogP contribution is -2.52. The summed E-state index contributed by atoms with van der Waals surface area (Å²) in [6.45, 7) is -1.32. The summed E-state index contributed by atoms with van der Waals surface area (Å²) >= 11 is 0. The number of carbonyl (C=O) groups is 5. The van der Waals surface area contributed by atoms with Crippen molar-refractivity contribution >= 4 is 30.2 Å². The van der Waals surface area contributed by atoms with E-state index in [0.29, 0.717) is 48.5 Å². The Bertz CT molecular complexity index is 2120. The fraction of sp³-hybridized carbons (Fsp3) is 0.147. The summed E-state index contributed by atoms with van der Waals surface area (Å²) in [6.07, 6.45) is -10.4. The minimum atomic E-state index is -2.60. The SMILES string of the molecule is O=C[C@H](OC(=O)c1cc(O)c(O)c(O)c1)[C@@H](OC(=O)c1cc(O)c(O)c(O)c1)[C@H](OC(=O)c1cc(O)c(O)c(O)c1)[C@H](O)COC(=O)c1cc(O)c(O)c(O)c1. The van der Waals surface area contributed by atoms with Crippen LogP contribution in [0.15, 0.2) is 48.5 Å². The van der Waals surface area contributed by atoms with E-state index in [9.17, 15) is 90.4 Å². The Morgan fingerprint density at radius 2 is 0.714 bits per heavy atom. The first kappa shape index (κ1) is 40.8. The molecule has 22 heteroatoms. The van der Waals surface area contributed by atoms with Crippen molar-refractivity contribution in [2.24, 2.45) is 0 Å². The molecule has 22 nitrogen and oxygen atoms in total. The fourth-order valence-corrected chi connectivity index (χ4v) is 4.66. The summed E-state index contributed by atoms with van der Waals surface area (Å²) < 4.78 is 20.5. The van der Waals surface area contributed by atoms with Crippen LogP contribution in [0.4, 0.5) is 0 Å². The third kappa shape index (κ3) is 8.78. The van der Waals surface area contributed by atoms with Crippen molar-refractivity contribution in [1.82, 2.24) is 0 Å². The zero-order chi connectivity index (χ0) is 41.8. The number of esters is 4. The van der Waals surface area contributed by atoms with E-state index in [0.717, 1.165) is 0 Å². The Hall–Kier alpha value is -8.01. The lowest BCUT2D eigenvalue weighted by molar-refractivity contribution is -0.142. The molecular formula is C34H28O22. The van der Waals surface area contributed by atoms with Gasteiger partial charge in [0.05, 0.1) is 22.3 Å². The predicted molar refractivity (Wildman–Crippen MR) is 176 cm³/mol. The van der Waals surface area contributed by atoms with E-state index in [1.807, 2.05) is 0 Å². The summed E-state index contributed by atoms with van der Waals surface area (Å²) in [5.41, 5.74) is -3.00. The molecular weight excluding hydrogens is 760 g/mol. The van der Waals surface area contributed by atoms with Crippen LogP contribution in [0.1, 0.15) is 41.4 Å². The quantitative estimate of drug-likeness (QED) is 0.0380. The van der Waals surface area contributed by atoms with Crippen LogP contribution >= 0.6 is 0 Å². The van der Waals surface area contributed by atoms with Crippen LogP contribution in [-0.4, -0.2) is 128 Å². The topological polar surface area (TPSA) is 385 Å². The summed E-state index contributed by atoms with van der Waals surface area (Å²) in [5.74, 6) is -19.2. The number of aldehydes is 1. The van der Waals surface area contributed by atoms with Gasteiger partial charge in [0.2, 0.25) is 0 Å². The summed E-state index contributed by atoms with van der Waals surface area (Å²) in [6, 6.07) is 4.48. The molecule has 13 N–H and O–H groups in total. The van der Waals surface area contributed by atoms with Crippen LogP contribution in [0, 0.1) is 0 Å². The van der Waals surface area contributed by atoms with Crippen LogP contribution in [0.2, 0.25) is 0 Å². The number of aromatic hydroxyl groups is 12. The van der Waals surface area contributed by atoms with E-state index in [1.54, 1.807) is 0 Å². The van der Waals surface area contributed by atoms with Gasteiger partial charge in [-0.25, -0.2) is 19.2 Å². The van der Waals surface area contributed by atoms with Gasteiger partial charge in [-0.3, -0.25) is 4.79 Å². The number of rotatable bonds is 13. The van der Waals surface area contributed by atoms with Gasteiger partial charge >= 0.3 is 23.9 Å². The Morgan fingerprint density at radius 3 is 1.02 bits per heavy atom. The molecule has 0 fully saturated rings. The molecule has 0 aliphatic heterocycles. The second-order valence-corrected chi connectivity index (χ2v) is 11.4. The molecule has 4 rings (SSSR count). The number of phenolic OH excluding ortho intramolecular Hbond substituents is 12. The molecule has 4 aromatic rings. The first-order valence-corrected chi connectivity index (χ1v) is 15.2. The van der Waals surface area contributed by atoms with Crippen molar-refractivity contribution in [3.8, 4) is 69.0 Å². The largest absolute Gasteiger partial charge is 0.504 e. The first-order valence-electron chi connectivity index (χ1n) is 15.2. The molecule has 0 bridgehead atoms.